The lowest BCUT2D eigenvalue weighted by Gasteiger charge is -2.24. The predicted molar refractivity (Wildman–Crippen MR) is 120 cm³/mol. The van der Waals surface area contributed by atoms with Crippen molar-refractivity contribution in [3.8, 4) is 5.75 Å². The Morgan fingerprint density at radius 3 is 2.82 bits per heavy atom. The van der Waals surface area contributed by atoms with Crippen molar-refractivity contribution < 1.29 is 9.47 Å². The Bertz CT molecular complexity index is 606. The molecule has 1 saturated heterocycles. The Morgan fingerprint density at radius 2 is 2.11 bits per heavy atom. The van der Waals surface area contributed by atoms with Crippen LogP contribution in [0.1, 0.15) is 25.3 Å². The van der Waals surface area contributed by atoms with Gasteiger partial charge in [-0.3, -0.25) is 4.99 Å². The molecular weight excluding hydrogens is 372 g/mol. The average molecular weight is 409 g/mol. The number of aliphatic imine (C=N–C) groups is 1. The van der Waals surface area contributed by atoms with E-state index in [2.05, 4.69) is 58.4 Å². The van der Waals surface area contributed by atoms with Crippen LogP contribution in [-0.2, 0) is 11.3 Å². The highest BCUT2D eigenvalue weighted by Gasteiger charge is 2.29. The summed E-state index contributed by atoms with van der Waals surface area (Å²) in [4.78, 5) is 6.55. The predicted octanol–water partition coefficient (Wildman–Crippen LogP) is 2.59. The summed E-state index contributed by atoms with van der Waals surface area (Å²) in [5, 5.41) is 6.87. The summed E-state index contributed by atoms with van der Waals surface area (Å²) >= 11 is 2.06. The molecule has 0 spiro atoms. The summed E-state index contributed by atoms with van der Waals surface area (Å²) in [5.41, 5.74) is 1.18. The number of hydrogen-bond acceptors (Lipinski definition) is 5. The third-order valence-electron chi connectivity index (χ3n) is 4.93. The quantitative estimate of drug-likeness (QED) is 0.434. The minimum absolute atomic E-state index is 0.321. The summed E-state index contributed by atoms with van der Waals surface area (Å²) in [5.74, 6) is 3.01. The van der Waals surface area contributed by atoms with Gasteiger partial charge < -0.3 is 25.0 Å². The second kappa shape index (κ2) is 12.2. The third-order valence-corrected chi connectivity index (χ3v) is 6.47. The molecule has 0 aliphatic carbocycles. The van der Waals surface area contributed by atoms with Crippen LogP contribution < -0.4 is 15.4 Å². The number of guanidine groups is 1. The van der Waals surface area contributed by atoms with E-state index in [1.54, 1.807) is 7.11 Å². The minimum atomic E-state index is 0.321. The largest absolute Gasteiger partial charge is 0.492 e. The highest BCUT2D eigenvalue weighted by molar-refractivity contribution is 8.00. The lowest BCUT2D eigenvalue weighted by Crippen LogP contribution is -2.43. The Hall–Kier alpha value is -1.44. The molecule has 0 radical (unpaired) electrons. The van der Waals surface area contributed by atoms with Gasteiger partial charge in [0.25, 0.3) is 0 Å². The van der Waals surface area contributed by atoms with E-state index < -0.39 is 0 Å². The molecule has 2 N–H and O–H groups in total. The molecule has 0 amide bonds. The molecule has 0 bridgehead atoms. The van der Waals surface area contributed by atoms with Crippen molar-refractivity contribution in [2.75, 3.05) is 59.8 Å². The lowest BCUT2D eigenvalue weighted by atomic mass is 10.1. The van der Waals surface area contributed by atoms with Gasteiger partial charge in [-0.1, -0.05) is 12.1 Å². The van der Waals surface area contributed by atoms with Crippen LogP contribution in [0.3, 0.4) is 0 Å². The summed E-state index contributed by atoms with van der Waals surface area (Å²) in [6.07, 6.45) is 2.57. The normalized spacial score (nSPS) is 19.8. The zero-order valence-corrected chi connectivity index (χ0v) is 18.6. The first-order valence-electron chi connectivity index (χ1n) is 10.0. The third kappa shape index (κ3) is 8.29. The molecule has 0 saturated carbocycles. The van der Waals surface area contributed by atoms with E-state index in [4.69, 9.17) is 9.47 Å². The van der Waals surface area contributed by atoms with Crippen molar-refractivity contribution in [1.29, 1.82) is 0 Å². The molecule has 1 aromatic rings. The Balaban J connectivity index is 1.73. The highest BCUT2D eigenvalue weighted by atomic mass is 32.2. The standard InChI is InChI=1S/C21H36N4O2S/c1-21(9-6-14-28-21)17-24-20(22-2)23-16-18-7-5-8-19(15-18)27-13-11-25(3)10-12-26-4/h5,7-8,15H,6,9-14,16-17H2,1-4H3,(H2,22,23,24). The molecule has 7 heteroatoms. The van der Waals surface area contributed by atoms with Gasteiger partial charge in [-0.15, -0.1) is 0 Å². The van der Waals surface area contributed by atoms with Crippen molar-refractivity contribution in [2.24, 2.45) is 4.99 Å². The molecule has 28 heavy (non-hydrogen) atoms. The summed E-state index contributed by atoms with van der Waals surface area (Å²) in [6.45, 7) is 7.18. The minimum Gasteiger partial charge on any atom is -0.492 e. The van der Waals surface area contributed by atoms with Crippen LogP contribution >= 0.6 is 11.8 Å². The molecule has 1 heterocycles. The maximum absolute atomic E-state index is 5.90. The highest BCUT2D eigenvalue weighted by Crippen LogP contribution is 2.36. The fourth-order valence-corrected chi connectivity index (χ4v) is 4.32. The van der Waals surface area contributed by atoms with Crippen LogP contribution in [0.5, 0.6) is 5.75 Å². The Morgan fingerprint density at radius 1 is 1.29 bits per heavy atom. The number of nitrogens with zero attached hydrogens (tertiary/aromatic N) is 2. The van der Waals surface area contributed by atoms with Gasteiger partial charge in [0.15, 0.2) is 5.96 Å². The summed E-state index contributed by atoms with van der Waals surface area (Å²) in [7, 11) is 5.62. The number of rotatable bonds is 11. The van der Waals surface area contributed by atoms with E-state index in [0.29, 0.717) is 17.9 Å². The maximum atomic E-state index is 5.90. The Kier molecular flexibility index (Phi) is 9.95. The first-order valence-corrected chi connectivity index (χ1v) is 11.0. The van der Waals surface area contributed by atoms with Crippen molar-refractivity contribution in [3.63, 3.8) is 0 Å². The van der Waals surface area contributed by atoms with Gasteiger partial charge >= 0.3 is 0 Å². The molecular formula is C21H36N4O2S. The Labute approximate surface area is 174 Å². The second-order valence-electron chi connectivity index (χ2n) is 7.47. The number of methoxy groups -OCH3 is 1. The second-order valence-corrected chi connectivity index (χ2v) is 9.16. The number of nitrogens with one attached hydrogen (secondary N) is 2. The van der Waals surface area contributed by atoms with Gasteiger partial charge in [-0.05, 0) is 50.3 Å². The van der Waals surface area contributed by atoms with Crippen LogP contribution in [0.25, 0.3) is 0 Å². The van der Waals surface area contributed by atoms with Gasteiger partial charge in [0.05, 0.1) is 6.61 Å². The fraction of sp³-hybridized carbons (Fsp3) is 0.667. The topological polar surface area (TPSA) is 58.1 Å². The van der Waals surface area contributed by atoms with Gasteiger partial charge in [-0.25, -0.2) is 0 Å². The molecule has 6 nitrogen and oxygen atoms in total. The van der Waals surface area contributed by atoms with Crippen molar-refractivity contribution in [3.05, 3.63) is 29.8 Å². The maximum Gasteiger partial charge on any atom is 0.191 e. The molecule has 0 aromatic heterocycles. The molecule has 1 aliphatic heterocycles. The van der Waals surface area contributed by atoms with Gasteiger partial charge in [0.2, 0.25) is 0 Å². The van der Waals surface area contributed by atoms with Crippen molar-refractivity contribution in [2.45, 2.75) is 31.1 Å². The number of likely N-dealkylation sites (N-methyl/N-ethyl adjacent to an activating group) is 1. The van der Waals surface area contributed by atoms with Crippen LogP contribution in [0.2, 0.25) is 0 Å². The average Bonchev–Trinajstić information content (AvgIpc) is 3.13. The fourth-order valence-electron chi connectivity index (χ4n) is 3.08. The molecule has 158 valence electrons. The number of benzene rings is 1. The van der Waals surface area contributed by atoms with E-state index in [-0.39, 0.29) is 0 Å². The van der Waals surface area contributed by atoms with Gasteiger partial charge in [0, 0.05) is 45.1 Å². The van der Waals surface area contributed by atoms with Crippen LogP contribution in [0.4, 0.5) is 0 Å². The first kappa shape index (κ1) is 22.8. The summed E-state index contributed by atoms with van der Waals surface area (Å²) in [6, 6.07) is 8.23. The zero-order chi connectivity index (χ0) is 20.2. The summed E-state index contributed by atoms with van der Waals surface area (Å²) < 4.78 is 11.3. The van der Waals surface area contributed by atoms with Gasteiger partial charge in [-0.2, -0.15) is 11.8 Å². The van der Waals surface area contributed by atoms with E-state index in [9.17, 15) is 0 Å². The molecule has 1 atom stereocenters. The van der Waals surface area contributed by atoms with Crippen LogP contribution in [-0.4, -0.2) is 75.4 Å². The van der Waals surface area contributed by atoms with Crippen molar-refractivity contribution >= 4 is 17.7 Å². The SMILES string of the molecule is CN=C(NCc1cccc(OCCN(C)CCOC)c1)NCC1(C)CCCS1. The lowest BCUT2D eigenvalue weighted by molar-refractivity contribution is 0.150. The van der Waals surface area contributed by atoms with E-state index in [1.165, 1.54) is 24.2 Å². The van der Waals surface area contributed by atoms with Crippen LogP contribution in [0, 0.1) is 0 Å². The number of hydrogen-bond donors (Lipinski definition) is 2. The molecule has 1 fully saturated rings. The monoisotopic (exact) mass is 408 g/mol. The van der Waals surface area contributed by atoms with E-state index in [1.807, 2.05) is 19.2 Å². The van der Waals surface area contributed by atoms with Crippen LogP contribution in [0.15, 0.2) is 29.3 Å². The molecule has 2 rings (SSSR count). The molecule has 1 aromatic carbocycles. The molecule has 1 aliphatic rings. The van der Waals surface area contributed by atoms with Gasteiger partial charge in [0.1, 0.15) is 12.4 Å². The first-order chi connectivity index (χ1) is 13.5. The zero-order valence-electron chi connectivity index (χ0n) is 17.8. The van der Waals surface area contributed by atoms with Crippen molar-refractivity contribution in [1.82, 2.24) is 15.5 Å². The molecule has 1 unspecified atom stereocenters. The number of thioether (sulfide) groups is 1. The van der Waals surface area contributed by atoms with E-state index in [0.717, 1.165) is 38.0 Å². The number of ether oxygens (including phenoxy) is 2. The smallest absolute Gasteiger partial charge is 0.191 e. The van der Waals surface area contributed by atoms with E-state index >= 15 is 0 Å².